The van der Waals surface area contributed by atoms with Gasteiger partial charge >= 0.3 is 6.01 Å². The molecule has 0 bridgehead atoms. The van der Waals surface area contributed by atoms with Gasteiger partial charge in [0.2, 0.25) is 5.89 Å². The van der Waals surface area contributed by atoms with Crippen LogP contribution in [0.5, 0.6) is 0 Å². The maximum Gasteiger partial charge on any atom is 0.315 e. The van der Waals surface area contributed by atoms with Crippen LogP contribution in [-0.4, -0.2) is 16.7 Å². The average Bonchev–Trinajstić information content (AvgIpc) is 2.85. The Hall–Kier alpha value is -1.88. The van der Waals surface area contributed by atoms with Gasteiger partial charge in [0.05, 0.1) is 6.04 Å². The van der Waals surface area contributed by atoms with Gasteiger partial charge in [0.25, 0.3) is 0 Å². The Morgan fingerprint density at radius 2 is 2.06 bits per heavy atom. The molecule has 96 valence electrons. The average molecular weight is 246 g/mol. The van der Waals surface area contributed by atoms with Gasteiger partial charge < -0.3 is 15.5 Å². The Bertz CT molecular complexity index is 467. The molecule has 0 fully saturated rings. The first-order valence-corrected chi connectivity index (χ1v) is 6.12. The normalized spacial score (nSPS) is 12.3. The Morgan fingerprint density at radius 1 is 1.28 bits per heavy atom. The zero-order chi connectivity index (χ0) is 12.8. The zero-order valence-electron chi connectivity index (χ0n) is 10.5. The molecule has 0 radical (unpaired) electrons. The minimum absolute atomic E-state index is 0.225. The molecule has 0 amide bonds. The van der Waals surface area contributed by atoms with E-state index in [0.717, 1.165) is 19.4 Å². The molecule has 1 atom stereocenters. The predicted octanol–water partition coefficient (Wildman–Crippen LogP) is 2.13. The summed E-state index contributed by atoms with van der Waals surface area (Å²) in [4.78, 5) is 0. The number of nitrogens with zero attached hydrogens (tertiary/aromatic N) is 2. The number of aryl methyl sites for hydroxylation is 1. The van der Waals surface area contributed by atoms with Crippen molar-refractivity contribution >= 4 is 6.01 Å². The van der Waals surface area contributed by atoms with Crippen LogP contribution < -0.4 is 11.1 Å². The van der Waals surface area contributed by atoms with Crippen molar-refractivity contribution in [3.63, 3.8) is 0 Å². The summed E-state index contributed by atoms with van der Waals surface area (Å²) in [7, 11) is 0. The molecule has 2 aromatic rings. The molecule has 1 aromatic carbocycles. The van der Waals surface area contributed by atoms with Crippen LogP contribution in [0.25, 0.3) is 0 Å². The van der Waals surface area contributed by atoms with Gasteiger partial charge in [-0.15, -0.1) is 5.10 Å². The van der Waals surface area contributed by atoms with Crippen molar-refractivity contribution in [2.24, 2.45) is 5.73 Å². The first kappa shape index (κ1) is 12.6. The fourth-order valence-electron chi connectivity index (χ4n) is 1.62. The van der Waals surface area contributed by atoms with Crippen LogP contribution in [0.2, 0.25) is 0 Å². The summed E-state index contributed by atoms with van der Waals surface area (Å²) < 4.78 is 5.34. The highest BCUT2D eigenvalue weighted by Crippen LogP contribution is 2.11. The van der Waals surface area contributed by atoms with E-state index in [1.807, 2.05) is 13.0 Å². The third kappa shape index (κ3) is 3.56. The summed E-state index contributed by atoms with van der Waals surface area (Å²) in [5, 5.41) is 10.8. The lowest BCUT2D eigenvalue weighted by Crippen LogP contribution is -2.05. The van der Waals surface area contributed by atoms with E-state index in [1.165, 1.54) is 5.56 Å². The number of anilines is 1. The van der Waals surface area contributed by atoms with E-state index in [4.69, 9.17) is 10.2 Å². The minimum Gasteiger partial charge on any atom is -0.406 e. The summed E-state index contributed by atoms with van der Waals surface area (Å²) in [6.45, 7) is 2.61. The van der Waals surface area contributed by atoms with Crippen LogP contribution in [-0.2, 0) is 6.42 Å². The fourth-order valence-corrected chi connectivity index (χ4v) is 1.62. The Morgan fingerprint density at radius 3 is 2.72 bits per heavy atom. The van der Waals surface area contributed by atoms with Crippen LogP contribution in [0, 0.1) is 0 Å². The first-order valence-electron chi connectivity index (χ1n) is 6.12. The van der Waals surface area contributed by atoms with Gasteiger partial charge in [0, 0.05) is 6.54 Å². The second-order valence-electron chi connectivity index (χ2n) is 4.25. The molecule has 3 N–H and O–H groups in total. The van der Waals surface area contributed by atoms with Crippen molar-refractivity contribution in [2.45, 2.75) is 25.8 Å². The topological polar surface area (TPSA) is 77.0 Å². The predicted molar refractivity (Wildman–Crippen MR) is 70.2 cm³/mol. The van der Waals surface area contributed by atoms with Crippen LogP contribution >= 0.6 is 0 Å². The van der Waals surface area contributed by atoms with Crippen molar-refractivity contribution < 1.29 is 4.42 Å². The molecule has 0 aliphatic carbocycles. The van der Waals surface area contributed by atoms with Gasteiger partial charge in [-0.3, -0.25) is 0 Å². The second kappa shape index (κ2) is 6.16. The summed E-state index contributed by atoms with van der Waals surface area (Å²) in [6.07, 6.45) is 2.04. The minimum atomic E-state index is -0.225. The third-order valence-corrected chi connectivity index (χ3v) is 2.59. The van der Waals surface area contributed by atoms with Gasteiger partial charge in [-0.1, -0.05) is 35.4 Å². The molecule has 1 aromatic heterocycles. The van der Waals surface area contributed by atoms with Crippen molar-refractivity contribution in [1.82, 2.24) is 10.2 Å². The van der Waals surface area contributed by atoms with Crippen LogP contribution in [0.4, 0.5) is 6.01 Å². The van der Waals surface area contributed by atoms with Gasteiger partial charge in [-0.05, 0) is 25.3 Å². The Labute approximate surface area is 106 Å². The largest absolute Gasteiger partial charge is 0.406 e. The lowest BCUT2D eigenvalue weighted by atomic mass is 10.1. The summed E-state index contributed by atoms with van der Waals surface area (Å²) in [5.74, 6) is 0.459. The lowest BCUT2D eigenvalue weighted by Gasteiger charge is -2.02. The molecule has 18 heavy (non-hydrogen) atoms. The second-order valence-corrected chi connectivity index (χ2v) is 4.25. The van der Waals surface area contributed by atoms with Crippen molar-refractivity contribution in [3.05, 3.63) is 41.8 Å². The molecule has 2 rings (SSSR count). The van der Waals surface area contributed by atoms with E-state index in [9.17, 15) is 0 Å². The SMILES string of the molecule is CC(N)c1nnc(NCCCc2ccccc2)o1. The number of aromatic nitrogens is 2. The monoisotopic (exact) mass is 246 g/mol. The summed E-state index contributed by atoms with van der Waals surface area (Å²) in [5.41, 5.74) is 6.97. The van der Waals surface area contributed by atoms with E-state index >= 15 is 0 Å². The molecule has 5 nitrogen and oxygen atoms in total. The highest BCUT2D eigenvalue weighted by molar-refractivity contribution is 5.18. The van der Waals surface area contributed by atoms with Crippen LogP contribution in [0.15, 0.2) is 34.7 Å². The van der Waals surface area contributed by atoms with E-state index in [1.54, 1.807) is 0 Å². The van der Waals surface area contributed by atoms with Crippen LogP contribution in [0.3, 0.4) is 0 Å². The Balaban J connectivity index is 1.72. The van der Waals surface area contributed by atoms with Gasteiger partial charge in [0.15, 0.2) is 0 Å². The Kier molecular flexibility index (Phi) is 4.30. The molecular formula is C13H18N4O. The molecule has 0 aliphatic rings. The maximum absolute atomic E-state index is 5.63. The molecular weight excluding hydrogens is 228 g/mol. The molecule has 0 saturated carbocycles. The standard InChI is InChI=1S/C13H18N4O/c1-10(14)12-16-17-13(18-12)15-9-5-8-11-6-3-2-4-7-11/h2-4,6-7,10H,5,8-9,14H2,1H3,(H,15,17). The van der Waals surface area contributed by atoms with E-state index in [0.29, 0.717) is 11.9 Å². The number of nitrogens with one attached hydrogen (secondary N) is 1. The highest BCUT2D eigenvalue weighted by Gasteiger charge is 2.08. The molecule has 1 heterocycles. The van der Waals surface area contributed by atoms with E-state index in [2.05, 4.69) is 39.8 Å². The van der Waals surface area contributed by atoms with Crippen molar-refractivity contribution in [3.8, 4) is 0 Å². The summed E-state index contributed by atoms with van der Waals surface area (Å²) in [6, 6.07) is 10.6. The highest BCUT2D eigenvalue weighted by atomic mass is 16.4. The van der Waals surface area contributed by atoms with Gasteiger partial charge in [-0.2, -0.15) is 0 Å². The molecule has 0 saturated heterocycles. The molecule has 5 heteroatoms. The number of rotatable bonds is 6. The number of hydrogen-bond donors (Lipinski definition) is 2. The molecule has 0 aliphatic heterocycles. The smallest absolute Gasteiger partial charge is 0.315 e. The van der Waals surface area contributed by atoms with Gasteiger partial charge in [-0.25, -0.2) is 0 Å². The van der Waals surface area contributed by atoms with Crippen molar-refractivity contribution in [1.29, 1.82) is 0 Å². The van der Waals surface area contributed by atoms with Gasteiger partial charge in [0.1, 0.15) is 0 Å². The number of benzene rings is 1. The fraction of sp³-hybridized carbons (Fsp3) is 0.385. The van der Waals surface area contributed by atoms with Crippen molar-refractivity contribution in [2.75, 3.05) is 11.9 Å². The number of nitrogens with two attached hydrogens (primary N) is 1. The van der Waals surface area contributed by atoms with Crippen LogP contribution in [0.1, 0.15) is 30.8 Å². The maximum atomic E-state index is 5.63. The quantitative estimate of drug-likeness (QED) is 0.763. The first-order chi connectivity index (χ1) is 8.75. The molecule has 0 spiro atoms. The molecule has 1 unspecified atom stereocenters. The zero-order valence-corrected chi connectivity index (χ0v) is 10.5. The number of hydrogen-bond acceptors (Lipinski definition) is 5. The third-order valence-electron chi connectivity index (χ3n) is 2.59. The van der Waals surface area contributed by atoms with E-state index in [-0.39, 0.29) is 6.04 Å². The summed E-state index contributed by atoms with van der Waals surface area (Å²) >= 11 is 0. The lowest BCUT2D eigenvalue weighted by molar-refractivity contribution is 0.472. The van der Waals surface area contributed by atoms with E-state index < -0.39 is 0 Å².